The lowest BCUT2D eigenvalue weighted by Crippen LogP contribution is -2.14. The number of hydrogen-bond acceptors (Lipinski definition) is 4. The van der Waals surface area contributed by atoms with Crippen molar-refractivity contribution in [1.82, 2.24) is 0 Å². The fourth-order valence-electron chi connectivity index (χ4n) is 1.87. The van der Waals surface area contributed by atoms with Gasteiger partial charge in [-0.05, 0) is 25.1 Å². The van der Waals surface area contributed by atoms with Crippen molar-refractivity contribution in [3.05, 3.63) is 62.7 Å². The predicted molar refractivity (Wildman–Crippen MR) is 78.9 cm³/mol. The summed E-state index contributed by atoms with van der Waals surface area (Å²) in [5.41, 5.74) is 0.395. The van der Waals surface area contributed by atoms with E-state index in [0.717, 1.165) is 0 Å². The van der Waals surface area contributed by atoms with Crippen molar-refractivity contribution in [2.24, 2.45) is 0 Å². The molecular formula is C14H11ClN2O4. The molecule has 2 aromatic rings. The van der Waals surface area contributed by atoms with Crippen molar-refractivity contribution in [2.45, 2.75) is 6.92 Å². The Labute approximate surface area is 125 Å². The summed E-state index contributed by atoms with van der Waals surface area (Å²) in [7, 11) is 0. The number of halogens is 1. The number of aromatic hydroxyl groups is 1. The third-order valence-electron chi connectivity index (χ3n) is 2.87. The summed E-state index contributed by atoms with van der Waals surface area (Å²) in [6.45, 7) is 1.56. The van der Waals surface area contributed by atoms with E-state index in [9.17, 15) is 20.0 Å². The van der Waals surface area contributed by atoms with Gasteiger partial charge in [0, 0.05) is 17.3 Å². The van der Waals surface area contributed by atoms with Crippen LogP contribution in [0.3, 0.4) is 0 Å². The first-order valence-corrected chi connectivity index (χ1v) is 6.32. The minimum absolute atomic E-state index is 0.0468. The molecule has 0 aliphatic carbocycles. The van der Waals surface area contributed by atoms with Crippen LogP contribution in [0.1, 0.15) is 15.9 Å². The third-order valence-corrected chi connectivity index (χ3v) is 3.19. The van der Waals surface area contributed by atoms with E-state index < -0.39 is 10.8 Å². The van der Waals surface area contributed by atoms with E-state index in [-0.39, 0.29) is 27.7 Å². The molecule has 0 aliphatic heterocycles. The van der Waals surface area contributed by atoms with E-state index in [4.69, 9.17) is 11.6 Å². The SMILES string of the molecule is Cc1cccc(C(=O)Nc2ccc(Cl)c(O)c2)c1[N+](=O)[O-]. The van der Waals surface area contributed by atoms with Crippen molar-refractivity contribution in [3.63, 3.8) is 0 Å². The zero-order valence-corrected chi connectivity index (χ0v) is 11.7. The molecule has 7 heteroatoms. The smallest absolute Gasteiger partial charge is 0.285 e. The molecule has 108 valence electrons. The van der Waals surface area contributed by atoms with E-state index in [1.165, 1.54) is 24.3 Å². The Balaban J connectivity index is 2.35. The fraction of sp³-hybridized carbons (Fsp3) is 0.0714. The molecule has 0 radical (unpaired) electrons. The van der Waals surface area contributed by atoms with Crippen LogP contribution in [0, 0.1) is 17.0 Å². The second kappa shape index (κ2) is 5.80. The summed E-state index contributed by atoms with van der Waals surface area (Å²) in [6.07, 6.45) is 0. The van der Waals surface area contributed by atoms with E-state index >= 15 is 0 Å². The van der Waals surface area contributed by atoms with Gasteiger partial charge in [-0.3, -0.25) is 14.9 Å². The molecule has 0 fully saturated rings. The highest BCUT2D eigenvalue weighted by Crippen LogP contribution is 2.28. The van der Waals surface area contributed by atoms with Crippen LogP contribution in [0.4, 0.5) is 11.4 Å². The molecule has 0 saturated heterocycles. The molecule has 0 atom stereocenters. The second-order valence-corrected chi connectivity index (χ2v) is 4.76. The number of nitro groups is 1. The molecular weight excluding hydrogens is 296 g/mol. The van der Waals surface area contributed by atoms with Crippen LogP contribution < -0.4 is 5.32 Å². The van der Waals surface area contributed by atoms with Gasteiger partial charge in [0.15, 0.2) is 0 Å². The summed E-state index contributed by atoms with van der Waals surface area (Å²) in [4.78, 5) is 22.6. The van der Waals surface area contributed by atoms with Crippen LogP contribution in [0.25, 0.3) is 0 Å². The zero-order valence-electron chi connectivity index (χ0n) is 11.0. The Hall–Kier alpha value is -2.60. The summed E-state index contributed by atoms with van der Waals surface area (Å²) in [5.74, 6) is -0.819. The number of para-hydroxylation sites is 1. The standard InChI is InChI=1S/C14H11ClN2O4/c1-8-3-2-4-10(13(8)17(20)21)14(19)16-9-5-6-11(15)12(18)7-9/h2-7,18H,1H3,(H,16,19). The van der Waals surface area contributed by atoms with E-state index in [2.05, 4.69) is 5.32 Å². The van der Waals surface area contributed by atoms with Crippen LogP contribution in [0.2, 0.25) is 5.02 Å². The van der Waals surface area contributed by atoms with Crippen molar-refractivity contribution >= 4 is 28.9 Å². The monoisotopic (exact) mass is 306 g/mol. The van der Waals surface area contributed by atoms with Crippen LogP contribution in [-0.2, 0) is 0 Å². The zero-order chi connectivity index (χ0) is 15.6. The van der Waals surface area contributed by atoms with Gasteiger partial charge in [-0.15, -0.1) is 0 Å². The Morgan fingerprint density at radius 2 is 2.05 bits per heavy atom. The molecule has 0 aliphatic rings. The molecule has 0 bridgehead atoms. The van der Waals surface area contributed by atoms with Gasteiger partial charge in [0.1, 0.15) is 11.3 Å². The maximum Gasteiger partial charge on any atom is 0.285 e. The molecule has 0 spiro atoms. The maximum absolute atomic E-state index is 12.2. The second-order valence-electron chi connectivity index (χ2n) is 4.35. The number of amides is 1. The Kier molecular flexibility index (Phi) is 4.09. The van der Waals surface area contributed by atoms with E-state index in [0.29, 0.717) is 5.56 Å². The van der Waals surface area contributed by atoms with Gasteiger partial charge in [-0.25, -0.2) is 0 Å². The topological polar surface area (TPSA) is 92.5 Å². The predicted octanol–water partition coefficient (Wildman–Crippen LogP) is 3.51. The molecule has 0 aromatic heterocycles. The molecule has 2 rings (SSSR count). The van der Waals surface area contributed by atoms with Crippen molar-refractivity contribution in [2.75, 3.05) is 5.32 Å². The molecule has 0 saturated carbocycles. The lowest BCUT2D eigenvalue weighted by molar-refractivity contribution is -0.385. The molecule has 1 amide bonds. The van der Waals surface area contributed by atoms with Gasteiger partial charge in [0.25, 0.3) is 11.6 Å². The first kappa shape index (κ1) is 14.8. The Morgan fingerprint density at radius 1 is 1.33 bits per heavy atom. The average Bonchev–Trinajstić information content (AvgIpc) is 2.42. The van der Waals surface area contributed by atoms with Crippen LogP contribution in [0.5, 0.6) is 5.75 Å². The number of phenols is 1. The van der Waals surface area contributed by atoms with Crippen molar-refractivity contribution in [3.8, 4) is 5.75 Å². The van der Waals surface area contributed by atoms with Gasteiger partial charge in [-0.2, -0.15) is 0 Å². The molecule has 6 nitrogen and oxygen atoms in total. The molecule has 0 unspecified atom stereocenters. The maximum atomic E-state index is 12.2. The summed E-state index contributed by atoms with van der Waals surface area (Å²) < 4.78 is 0. The van der Waals surface area contributed by atoms with Gasteiger partial charge < -0.3 is 10.4 Å². The lowest BCUT2D eigenvalue weighted by Gasteiger charge is -2.08. The number of nitrogens with zero attached hydrogens (tertiary/aromatic N) is 1. The number of hydrogen-bond donors (Lipinski definition) is 2. The number of benzene rings is 2. The van der Waals surface area contributed by atoms with Crippen molar-refractivity contribution in [1.29, 1.82) is 0 Å². The highest BCUT2D eigenvalue weighted by atomic mass is 35.5. The highest BCUT2D eigenvalue weighted by molar-refractivity contribution is 6.32. The van der Waals surface area contributed by atoms with Crippen LogP contribution in [0.15, 0.2) is 36.4 Å². The van der Waals surface area contributed by atoms with Crippen LogP contribution in [-0.4, -0.2) is 15.9 Å². The molecule has 21 heavy (non-hydrogen) atoms. The van der Waals surface area contributed by atoms with Crippen LogP contribution >= 0.6 is 11.6 Å². The fourth-order valence-corrected chi connectivity index (χ4v) is 1.99. The third kappa shape index (κ3) is 3.11. The normalized spacial score (nSPS) is 10.2. The number of anilines is 1. The highest BCUT2D eigenvalue weighted by Gasteiger charge is 2.22. The largest absolute Gasteiger partial charge is 0.506 e. The Bertz CT molecular complexity index is 731. The first-order valence-electron chi connectivity index (χ1n) is 5.94. The van der Waals surface area contributed by atoms with Gasteiger partial charge >= 0.3 is 0 Å². The Morgan fingerprint density at radius 3 is 2.67 bits per heavy atom. The number of carbonyl (C=O) groups is 1. The quantitative estimate of drug-likeness (QED) is 0.670. The first-order chi connectivity index (χ1) is 9.90. The molecule has 2 aromatic carbocycles. The number of aryl methyl sites for hydroxylation is 1. The minimum Gasteiger partial charge on any atom is -0.506 e. The lowest BCUT2D eigenvalue weighted by atomic mass is 10.1. The van der Waals surface area contributed by atoms with Crippen molar-refractivity contribution < 1.29 is 14.8 Å². The number of rotatable bonds is 3. The average molecular weight is 307 g/mol. The summed E-state index contributed by atoms with van der Waals surface area (Å²) in [6, 6.07) is 8.66. The summed E-state index contributed by atoms with van der Waals surface area (Å²) in [5, 5.41) is 23.2. The summed E-state index contributed by atoms with van der Waals surface area (Å²) >= 11 is 5.67. The number of carbonyl (C=O) groups excluding carboxylic acids is 1. The van der Waals surface area contributed by atoms with Gasteiger partial charge in [0.2, 0.25) is 0 Å². The number of nitrogens with one attached hydrogen (secondary N) is 1. The number of phenolic OH excluding ortho intramolecular Hbond substituents is 1. The van der Waals surface area contributed by atoms with Gasteiger partial charge in [0.05, 0.1) is 9.95 Å². The molecule has 0 heterocycles. The molecule has 2 N–H and O–H groups in total. The minimum atomic E-state index is -0.632. The van der Waals surface area contributed by atoms with E-state index in [1.54, 1.807) is 19.1 Å². The van der Waals surface area contributed by atoms with E-state index in [1.807, 2.05) is 0 Å². The number of nitro benzene ring substituents is 1. The van der Waals surface area contributed by atoms with Gasteiger partial charge in [-0.1, -0.05) is 23.7 Å².